The summed E-state index contributed by atoms with van der Waals surface area (Å²) in [5, 5.41) is 32.3. The third-order valence-corrected chi connectivity index (χ3v) is 7.23. The van der Waals surface area contributed by atoms with Gasteiger partial charge in [-0.05, 0) is 25.8 Å². The monoisotopic (exact) mass is 534 g/mol. The second kappa shape index (κ2) is 10.3. The van der Waals surface area contributed by atoms with Gasteiger partial charge >= 0.3 is 0 Å². The first-order valence-corrected chi connectivity index (χ1v) is 12.9. The highest BCUT2D eigenvalue weighted by molar-refractivity contribution is 5.87. The molecule has 13 heteroatoms. The fourth-order valence-corrected chi connectivity index (χ4v) is 5.03. The van der Waals surface area contributed by atoms with Crippen molar-refractivity contribution in [2.24, 2.45) is 0 Å². The van der Waals surface area contributed by atoms with Crippen LogP contribution in [0.5, 0.6) is 0 Å². The number of ether oxygens (including phenoxy) is 2. The van der Waals surface area contributed by atoms with Gasteiger partial charge in [-0.25, -0.2) is 15.0 Å². The largest absolute Gasteiger partial charge is 0.385 e. The second-order valence-electron chi connectivity index (χ2n) is 9.78. The molecule has 13 nitrogen and oxygen atoms in total. The van der Waals surface area contributed by atoms with Crippen LogP contribution < -0.4 is 5.32 Å². The number of anilines is 1. The molecule has 3 aromatic heterocycles. The quantitative estimate of drug-likeness (QED) is 0.243. The molecule has 1 amide bonds. The maximum Gasteiger partial charge on any atom is 0.211 e. The molecule has 1 unspecified atom stereocenters. The maximum atomic E-state index is 11.5. The van der Waals surface area contributed by atoms with Crippen molar-refractivity contribution in [1.29, 1.82) is 0 Å². The summed E-state index contributed by atoms with van der Waals surface area (Å²) in [4.78, 5) is 27.0. The molecule has 6 rings (SSSR count). The predicted molar refractivity (Wildman–Crippen MR) is 140 cm³/mol. The third kappa shape index (κ3) is 4.52. The fourth-order valence-electron chi connectivity index (χ4n) is 5.03. The summed E-state index contributed by atoms with van der Waals surface area (Å²) < 4.78 is 13.1. The minimum Gasteiger partial charge on any atom is -0.385 e. The van der Waals surface area contributed by atoms with Crippen LogP contribution in [-0.4, -0.2) is 95.5 Å². The number of benzene rings is 1. The van der Waals surface area contributed by atoms with E-state index in [4.69, 9.17) is 19.4 Å². The number of likely N-dealkylation sites (N-methyl/N-ethyl adjacent to an activating group) is 1. The van der Waals surface area contributed by atoms with Gasteiger partial charge in [0.1, 0.15) is 17.9 Å². The number of nitrogens with zero attached hydrogens (tertiary/aromatic N) is 6. The molecule has 0 spiro atoms. The number of aliphatic hydroxyl groups is 2. The Morgan fingerprint density at radius 3 is 2.77 bits per heavy atom. The lowest BCUT2D eigenvalue weighted by atomic mass is 10.0. The lowest BCUT2D eigenvalue weighted by Gasteiger charge is -2.25. The van der Waals surface area contributed by atoms with Crippen molar-refractivity contribution in [1.82, 2.24) is 34.6 Å². The number of aliphatic hydroxyl groups excluding tert-OH is 2. The molecule has 204 valence electrons. The molecule has 0 bridgehead atoms. The number of fused-ring (bicyclic) bond motifs is 1. The number of hydrogen-bond acceptors (Lipinski definition) is 10. The van der Waals surface area contributed by atoms with Crippen molar-refractivity contribution in [3.05, 3.63) is 42.4 Å². The number of rotatable bonds is 8. The highest BCUT2D eigenvalue weighted by Gasteiger charge is 2.46. The van der Waals surface area contributed by atoms with Gasteiger partial charge in [0.15, 0.2) is 35.3 Å². The Hall–Kier alpha value is -3.91. The lowest BCUT2D eigenvalue weighted by Crippen LogP contribution is -2.43. The molecule has 2 aliphatic rings. The summed E-state index contributed by atoms with van der Waals surface area (Å²) >= 11 is 0. The first kappa shape index (κ1) is 25.4. The number of aromatic nitrogens is 6. The Kier molecular flexibility index (Phi) is 6.73. The smallest absolute Gasteiger partial charge is 0.211 e. The number of imidazole rings is 1. The van der Waals surface area contributed by atoms with Gasteiger partial charge < -0.3 is 29.9 Å². The summed E-state index contributed by atoms with van der Waals surface area (Å²) in [6.45, 7) is 5.28. The van der Waals surface area contributed by atoms with Gasteiger partial charge in [0.25, 0.3) is 0 Å². The average Bonchev–Trinajstić information content (AvgIpc) is 3.75. The molecule has 39 heavy (non-hydrogen) atoms. The topological polar surface area (TPSA) is 164 Å². The molecule has 5 heterocycles. The van der Waals surface area contributed by atoms with Gasteiger partial charge in [0, 0.05) is 18.7 Å². The van der Waals surface area contributed by atoms with Gasteiger partial charge in [-0.3, -0.25) is 14.5 Å². The zero-order valence-electron chi connectivity index (χ0n) is 21.6. The van der Waals surface area contributed by atoms with Crippen LogP contribution in [0, 0.1) is 6.92 Å². The molecule has 2 saturated heterocycles. The number of carbonyl (C=O) groups is 1. The van der Waals surface area contributed by atoms with Crippen molar-refractivity contribution in [2.75, 3.05) is 25.1 Å². The van der Waals surface area contributed by atoms with Gasteiger partial charge in [-0.1, -0.05) is 29.8 Å². The summed E-state index contributed by atoms with van der Waals surface area (Å²) in [5.74, 6) is 0.868. The highest BCUT2D eigenvalue weighted by Crippen LogP contribution is 2.36. The number of aromatic amines is 1. The Morgan fingerprint density at radius 2 is 2.05 bits per heavy atom. The van der Waals surface area contributed by atoms with Crippen LogP contribution in [0.25, 0.3) is 33.8 Å². The predicted octanol–water partition coefficient (Wildman–Crippen LogP) is 1.45. The molecular weight excluding hydrogens is 504 g/mol. The van der Waals surface area contributed by atoms with Crippen LogP contribution >= 0.6 is 0 Å². The fraction of sp³-hybridized carbons (Fsp3) is 0.423. The summed E-state index contributed by atoms with van der Waals surface area (Å²) in [6.07, 6.45) is -0.0569. The third-order valence-electron chi connectivity index (χ3n) is 7.23. The van der Waals surface area contributed by atoms with E-state index < -0.39 is 24.7 Å². The zero-order valence-corrected chi connectivity index (χ0v) is 21.6. The molecule has 0 radical (unpaired) electrons. The Morgan fingerprint density at radius 1 is 1.23 bits per heavy atom. The van der Waals surface area contributed by atoms with E-state index in [1.54, 1.807) is 17.7 Å². The van der Waals surface area contributed by atoms with Crippen molar-refractivity contribution in [3.63, 3.8) is 0 Å². The van der Waals surface area contributed by atoms with E-state index in [2.05, 4.69) is 20.5 Å². The van der Waals surface area contributed by atoms with E-state index in [0.717, 1.165) is 23.1 Å². The summed E-state index contributed by atoms with van der Waals surface area (Å²) in [6, 6.07) is 8.12. The van der Waals surface area contributed by atoms with E-state index in [9.17, 15) is 15.0 Å². The van der Waals surface area contributed by atoms with E-state index in [1.165, 1.54) is 11.2 Å². The first-order valence-electron chi connectivity index (χ1n) is 12.9. The molecule has 4 aromatic rings. The number of nitrogens with one attached hydrogen (secondary N) is 2. The normalized spacial score (nSPS) is 24.9. The van der Waals surface area contributed by atoms with Crippen molar-refractivity contribution in [3.8, 4) is 22.6 Å². The van der Waals surface area contributed by atoms with Crippen LogP contribution in [0.2, 0.25) is 0 Å². The van der Waals surface area contributed by atoms with E-state index in [1.807, 2.05) is 31.2 Å². The molecule has 0 aliphatic carbocycles. The molecule has 5 atom stereocenters. The lowest BCUT2D eigenvalue weighted by molar-refractivity contribution is -0.141. The minimum atomic E-state index is -1.32. The van der Waals surface area contributed by atoms with Crippen LogP contribution in [-0.2, 0) is 14.3 Å². The van der Waals surface area contributed by atoms with Crippen molar-refractivity contribution in [2.45, 2.75) is 51.0 Å². The number of H-pyrrole nitrogens is 1. The number of carbonyl (C=O) groups excluding carboxylic acids is 1. The number of hydrogen-bond donors (Lipinski definition) is 4. The minimum absolute atomic E-state index is 0.0460. The number of amides is 1. The average molecular weight is 535 g/mol. The van der Waals surface area contributed by atoms with Crippen LogP contribution in [0.1, 0.15) is 25.1 Å². The highest BCUT2D eigenvalue weighted by atomic mass is 16.6. The standard InChI is InChI=1S/C26H30N8O5/c1-3-33(13-35)25-20(36)21(37)26(39-25)34-12-27-19-23(29-16-8-9-38-11-16)30-22(31-24(19)34)18-17(10-28-32-18)15-6-4-14(2)5-7-15/h4-7,10,12-13,16,20-21,25-26,36-37H,3,8-9,11H2,1-2H3,(H,28,32)(H,29,30,31)/t16?,20-,21+,25-,26+/m0/s1. The first-order chi connectivity index (χ1) is 19.0. The van der Waals surface area contributed by atoms with E-state index >= 15 is 0 Å². The zero-order chi connectivity index (χ0) is 27.1. The molecule has 4 N–H and O–H groups in total. The van der Waals surface area contributed by atoms with Gasteiger partial charge in [-0.15, -0.1) is 0 Å². The van der Waals surface area contributed by atoms with E-state index in [0.29, 0.717) is 54.7 Å². The van der Waals surface area contributed by atoms with Crippen LogP contribution in [0.3, 0.4) is 0 Å². The molecule has 2 fully saturated rings. The Bertz CT molecular complexity index is 1470. The van der Waals surface area contributed by atoms with Gasteiger partial charge in [-0.2, -0.15) is 5.10 Å². The summed E-state index contributed by atoms with van der Waals surface area (Å²) in [5.41, 5.74) is 4.39. The van der Waals surface area contributed by atoms with Gasteiger partial charge in [0.05, 0.1) is 25.2 Å². The number of aryl methyl sites for hydroxylation is 1. The van der Waals surface area contributed by atoms with Crippen LogP contribution in [0.15, 0.2) is 36.8 Å². The Balaban J connectivity index is 1.46. The summed E-state index contributed by atoms with van der Waals surface area (Å²) in [7, 11) is 0. The maximum absolute atomic E-state index is 11.5. The van der Waals surface area contributed by atoms with Crippen molar-refractivity contribution < 1.29 is 24.5 Å². The molecule has 2 aliphatic heterocycles. The molecular formula is C26H30N8O5. The SMILES string of the molecule is CCN(C=O)[C@H]1O[C@@H](n2cnc3c(NC4CCOC4)nc(-c4[nH]ncc4-c4ccc(C)cc4)nc32)[C@H](O)[C@@H]1O. The van der Waals surface area contributed by atoms with E-state index in [-0.39, 0.29) is 6.04 Å². The molecule has 0 saturated carbocycles. The van der Waals surface area contributed by atoms with Crippen LogP contribution in [0.4, 0.5) is 5.82 Å². The molecule has 1 aromatic carbocycles. The van der Waals surface area contributed by atoms with Crippen molar-refractivity contribution >= 4 is 23.4 Å². The Labute approximate surface area is 223 Å². The van der Waals surface area contributed by atoms with Gasteiger partial charge in [0.2, 0.25) is 6.41 Å². The second-order valence-corrected chi connectivity index (χ2v) is 9.78.